The summed E-state index contributed by atoms with van der Waals surface area (Å²) in [5.74, 6) is 3.53. The fourth-order valence-electron chi connectivity index (χ4n) is 2.35. The smallest absolute Gasteiger partial charge is 0.0119 e. The predicted octanol–water partition coefficient (Wildman–Crippen LogP) is 4.15. The average Bonchev–Trinajstić information content (AvgIpc) is 2.84. The molecule has 0 aromatic rings. The normalized spacial score (nSPS) is 18.4. The molecule has 0 heterocycles. The SMILES string of the molecule is C/C=C\C(=C/CSCC1CCCC1)CCCN. The molecule has 0 bridgehead atoms. The van der Waals surface area contributed by atoms with Gasteiger partial charge >= 0.3 is 0 Å². The molecule has 0 aliphatic heterocycles. The van der Waals surface area contributed by atoms with Gasteiger partial charge in [0.1, 0.15) is 0 Å². The van der Waals surface area contributed by atoms with Gasteiger partial charge in [-0.05, 0) is 50.8 Å². The summed E-state index contributed by atoms with van der Waals surface area (Å²) in [5, 5.41) is 0. The van der Waals surface area contributed by atoms with Crippen molar-refractivity contribution in [2.24, 2.45) is 11.7 Å². The van der Waals surface area contributed by atoms with Crippen molar-refractivity contribution in [3.63, 3.8) is 0 Å². The zero-order chi connectivity index (χ0) is 12.3. The van der Waals surface area contributed by atoms with E-state index in [0.29, 0.717) is 0 Å². The molecule has 0 spiro atoms. The summed E-state index contributed by atoms with van der Waals surface area (Å²) in [7, 11) is 0. The molecule has 0 saturated heterocycles. The molecule has 0 aromatic carbocycles. The maximum absolute atomic E-state index is 5.55. The molecule has 0 atom stereocenters. The van der Waals surface area contributed by atoms with E-state index < -0.39 is 0 Å². The van der Waals surface area contributed by atoms with Gasteiger partial charge in [-0.2, -0.15) is 11.8 Å². The highest BCUT2D eigenvalue weighted by molar-refractivity contribution is 7.99. The van der Waals surface area contributed by atoms with Crippen LogP contribution in [0.25, 0.3) is 0 Å². The standard InChI is InChI=1S/C15H27NS/c1-2-6-14(9-5-11-16)10-12-17-13-15-7-3-4-8-15/h2,6,10,15H,3-5,7-9,11-13,16H2,1H3/b6-2-,14-10+. The van der Waals surface area contributed by atoms with E-state index in [1.165, 1.54) is 42.8 Å². The van der Waals surface area contributed by atoms with Crippen LogP contribution in [-0.2, 0) is 0 Å². The monoisotopic (exact) mass is 253 g/mol. The molecule has 1 aliphatic rings. The summed E-state index contributed by atoms with van der Waals surface area (Å²) in [4.78, 5) is 0. The maximum Gasteiger partial charge on any atom is 0.0119 e. The van der Waals surface area contributed by atoms with Crippen LogP contribution in [0, 0.1) is 5.92 Å². The Balaban J connectivity index is 2.17. The van der Waals surface area contributed by atoms with Crippen molar-refractivity contribution in [2.45, 2.75) is 45.4 Å². The Kier molecular flexibility index (Phi) is 8.55. The molecule has 17 heavy (non-hydrogen) atoms. The molecule has 1 saturated carbocycles. The second-order valence-corrected chi connectivity index (χ2v) is 5.93. The second-order valence-electron chi connectivity index (χ2n) is 4.86. The molecule has 1 fully saturated rings. The highest BCUT2D eigenvalue weighted by Gasteiger charge is 2.13. The van der Waals surface area contributed by atoms with Gasteiger partial charge in [0.15, 0.2) is 0 Å². The Labute approximate surface area is 111 Å². The van der Waals surface area contributed by atoms with E-state index >= 15 is 0 Å². The van der Waals surface area contributed by atoms with Crippen LogP contribution >= 0.6 is 11.8 Å². The molecule has 0 radical (unpaired) electrons. The minimum atomic E-state index is 0.796. The number of allylic oxidation sites excluding steroid dienone is 3. The first-order valence-corrected chi connectivity index (χ1v) is 8.11. The third-order valence-corrected chi connectivity index (χ3v) is 4.45. The molecule has 0 aromatic heterocycles. The van der Waals surface area contributed by atoms with Crippen molar-refractivity contribution in [3.05, 3.63) is 23.8 Å². The van der Waals surface area contributed by atoms with Gasteiger partial charge in [-0.1, -0.05) is 36.6 Å². The summed E-state index contributed by atoms with van der Waals surface area (Å²) in [6.07, 6.45) is 14.8. The van der Waals surface area contributed by atoms with Gasteiger partial charge in [0.2, 0.25) is 0 Å². The van der Waals surface area contributed by atoms with Crippen LogP contribution in [0.4, 0.5) is 0 Å². The number of hydrogen-bond donors (Lipinski definition) is 1. The lowest BCUT2D eigenvalue weighted by Crippen LogP contribution is -1.99. The highest BCUT2D eigenvalue weighted by Crippen LogP contribution is 2.27. The summed E-state index contributed by atoms with van der Waals surface area (Å²) < 4.78 is 0. The van der Waals surface area contributed by atoms with Gasteiger partial charge in [0, 0.05) is 5.75 Å². The Bertz CT molecular complexity index is 239. The van der Waals surface area contributed by atoms with E-state index in [2.05, 4.69) is 36.9 Å². The Morgan fingerprint density at radius 1 is 1.35 bits per heavy atom. The molecule has 1 rings (SSSR count). The molecular weight excluding hydrogens is 226 g/mol. The van der Waals surface area contributed by atoms with Crippen LogP contribution in [0.3, 0.4) is 0 Å². The van der Waals surface area contributed by atoms with Crippen LogP contribution in [0.5, 0.6) is 0 Å². The molecular formula is C15H27NS. The van der Waals surface area contributed by atoms with E-state index in [9.17, 15) is 0 Å². The second kappa shape index (κ2) is 9.78. The van der Waals surface area contributed by atoms with Crippen molar-refractivity contribution in [1.29, 1.82) is 0 Å². The zero-order valence-corrected chi connectivity index (χ0v) is 12.0. The Morgan fingerprint density at radius 3 is 2.76 bits per heavy atom. The van der Waals surface area contributed by atoms with Gasteiger partial charge < -0.3 is 5.73 Å². The minimum absolute atomic E-state index is 0.796. The molecule has 1 aliphatic carbocycles. The minimum Gasteiger partial charge on any atom is -0.330 e. The fourth-order valence-corrected chi connectivity index (χ4v) is 3.49. The van der Waals surface area contributed by atoms with Crippen LogP contribution in [-0.4, -0.2) is 18.1 Å². The predicted molar refractivity (Wildman–Crippen MR) is 80.5 cm³/mol. The van der Waals surface area contributed by atoms with E-state index in [-0.39, 0.29) is 0 Å². The van der Waals surface area contributed by atoms with E-state index in [4.69, 9.17) is 5.73 Å². The van der Waals surface area contributed by atoms with E-state index in [1.807, 2.05) is 0 Å². The molecule has 98 valence electrons. The van der Waals surface area contributed by atoms with Crippen molar-refractivity contribution in [2.75, 3.05) is 18.1 Å². The molecule has 2 heteroatoms. The maximum atomic E-state index is 5.55. The molecule has 0 unspecified atom stereocenters. The first-order valence-electron chi connectivity index (χ1n) is 6.96. The number of nitrogens with two attached hydrogens (primary N) is 1. The van der Waals surface area contributed by atoms with Crippen LogP contribution in [0.2, 0.25) is 0 Å². The van der Waals surface area contributed by atoms with Crippen LogP contribution in [0.1, 0.15) is 45.4 Å². The van der Waals surface area contributed by atoms with Crippen LogP contribution in [0.15, 0.2) is 23.8 Å². The van der Waals surface area contributed by atoms with E-state index in [1.54, 1.807) is 0 Å². The lowest BCUT2D eigenvalue weighted by Gasteiger charge is -2.07. The first-order chi connectivity index (χ1) is 8.36. The Hall–Kier alpha value is -0.210. The third-order valence-electron chi connectivity index (χ3n) is 3.34. The zero-order valence-electron chi connectivity index (χ0n) is 11.2. The van der Waals surface area contributed by atoms with Gasteiger partial charge in [0.05, 0.1) is 0 Å². The van der Waals surface area contributed by atoms with Crippen LogP contribution < -0.4 is 5.73 Å². The summed E-state index contributed by atoms with van der Waals surface area (Å²) in [6, 6.07) is 0. The van der Waals surface area contributed by atoms with Crippen molar-refractivity contribution < 1.29 is 0 Å². The Morgan fingerprint density at radius 2 is 2.12 bits per heavy atom. The quantitative estimate of drug-likeness (QED) is 0.519. The summed E-state index contributed by atoms with van der Waals surface area (Å²) >= 11 is 2.10. The third kappa shape index (κ3) is 6.95. The molecule has 0 amide bonds. The largest absolute Gasteiger partial charge is 0.330 e. The average molecular weight is 253 g/mol. The summed E-state index contributed by atoms with van der Waals surface area (Å²) in [5.41, 5.74) is 7.01. The van der Waals surface area contributed by atoms with E-state index in [0.717, 1.165) is 25.3 Å². The molecule has 2 N–H and O–H groups in total. The number of hydrogen-bond acceptors (Lipinski definition) is 2. The van der Waals surface area contributed by atoms with Gasteiger partial charge in [-0.15, -0.1) is 0 Å². The van der Waals surface area contributed by atoms with Crippen molar-refractivity contribution >= 4 is 11.8 Å². The number of thioether (sulfide) groups is 1. The number of rotatable bonds is 8. The molecule has 1 nitrogen and oxygen atoms in total. The first kappa shape index (κ1) is 14.8. The summed E-state index contributed by atoms with van der Waals surface area (Å²) in [6.45, 7) is 2.88. The van der Waals surface area contributed by atoms with Crippen molar-refractivity contribution in [1.82, 2.24) is 0 Å². The fraction of sp³-hybridized carbons (Fsp3) is 0.733. The van der Waals surface area contributed by atoms with Gasteiger partial charge in [-0.25, -0.2) is 0 Å². The van der Waals surface area contributed by atoms with Crippen molar-refractivity contribution in [3.8, 4) is 0 Å². The van der Waals surface area contributed by atoms with Gasteiger partial charge in [-0.3, -0.25) is 0 Å². The highest BCUT2D eigenvalue weighted by atomic mass is 32.2. The lowest BCUT2D eigenvalue weighted by molar-refractivity contribution is 0.623. The lowest BCUT2D eigenvalue weighted by atomic mass is 10.1. The topological polar surface area (TPSA) is 26.0 Å². The van der Waals surface area contributed by atoms with Gasteiger partial charge in [0.25, 0.3) is 0 Å².